The van der Waals surface area contributed by atoms with E-state index in [1.165, 1.54) is 0 Å². The molecule has 0 aliphatic rings. The summed E-state index contributed by atoms with van der Waals surface area (Å²) in [6.07, 6.45) is 0. The first-order chi connectivity index (χ1) is 3.83. The van der Waals surface area contributed by atoms with Gasteiger partial charge in [-0.05, 0) is 0 Å². The Morgan fingerprint density at radius 1 is 0.500 bits per heavy atom. The summed E-state index contributed by atoms with van der Waals surface area (Å²) in [5.74, 6) is 0. The Kier molecular flexibility index (Phi) is 160. The molecular weight excluding hydrogens is 442 g/mol. The second-order valence-electron chi connectivity index (χ2n) is 1.000. The fourth-order valence-electron chi connectivity index (χ4n) is 0. The maximum Gasteiger partial charge on any atom is 1.00 e. The van der Waals surface area contributed by atoms with Gasteiger partial charge in [-0.3, -0.25) is 0 Å². The predicted molar refractivity (Wildman–Crippen MR) is 42.0 cm³/mol. The molecular formula is C4H14Ag3N5-2. The number of hydrogen-bond donors (Lipinski definition) is 0. The molecule has 8 heteroatoms. The summed E-state index contributed by atoms with van der Waals surface area (Å²) < 4.78 is 0. The molecule has 0 aromatic carbocycles. The maximum atomic E-state index is 6.26. The molecule has 0 aromatic rings. The molecule has 0 saturated heterocycles. The summed E-state index contributed by atoms with van der Waals surface area (Å²) in [5, 5.41) is 0. The zero-order chi connectivity index (χ0) is 6.83. The van der Waals surface area contributed by atoms with E-state index in [0.717, 1.165) is 0 Å². The van der Waals surface area contributed by atoms with Gasteiger partial charge < -0.3 is 29.1 Å². The Labute approximate surface area is 121 Å². The third-order valence-electron chi connectivity index (χ3n) is 0.250. The molecule has 0 bridgehead atoms. The van der Waals surface area contributed by atoms with E-state index in [1.54, 1.807) is 0 Å². The molecule has 0 atom stereocenters. The average Bonchev–Trinajstić information content (AvgIpc) is 1.88. The van der Waals surface area contributed by atoms with Crippen molar-refractivity contribution in [3.8, 4) is 0 Å². The van der Waals surface area contributed by atoms with Gasteiger partial charge in [-0.15, -0.1) is 0 Å². The van der Waals surface area contributed by atoms with E-state index in [0.29, 0.717) is 0 Å². The van der Waals surface area contributed by atoms with E-state index in [4.69, 9.17) is 22.9 Å². The minimum Gasteiger partial charge on any atom is -0.693 e. The van der Waals surface area contributed by atoms with E-state index < -0.39 is 0 Å². The van der Waals surface area contributed by atoms with Crippen LogP contribution in [-0.2, 0) is 67.1 Å². The van der Waals surface area contributed by atoms with Gasteiger partial charge in [0.2, 0.25) is 0 Å². The topological polar surface area (TPSA) is 129 Å². The maximum absolute atomic E-state index is 6.26. The van der Waals surface area contributed by atoms with E-state index in [-0.39, 0.29) is 99.5 Å². The van der Waals surface area contributed by atoms with E-state index in [9.17, 15) is 0 Å². The van der Waals surface area contributed by atoms with Crippen LogP contribution in [0.25, 0.3) is 29.1 Å². The van der Waals surface area contributed by atoms with E-state index in [2.05, 4.69) is 0 Å². The zero-order valence-electron chi connectivity index (χ0n) is 6.31. The van der Waals surface area contributed by atoms with E-state index >= 15 is 0 Å². The van der Waals surface area contributed by atoms with Crippen LogP contribution in [0.4, 0.5) is 0 Å². The van der Waals surface area contributed by atoms with Crippen LogP contribution in [0.15, 0.2) is 0 Å². The van der Waals surface area contributed by atoms with Crippen molar-refractivity contribution in [1.29, 1.82) is 0 Å². The first-order valence-corrected chi connectivity index (χ1v) is 2.41. The first-order valence-electron chi connectivity index (χ1n) is 2.41. The third-order valence-corrected chi connectivity index (χ3v) is 0.250. The molecule has 0 fully saturated rings. The monoisotopic (exact) mass is 453 g/mol. The Morgan fingerprint density at radius 2 is 0.583 bits per heavy atom. The van der Waals surface area contributed by atoms with Crippen molar-refractivity contribution in [3.63, 3.8) is 0 Å². The largest absolute Gasteiger partial charge is 1.00 e. The number of rotatable bonds is 2. The normalized spacial score (nSPS) is 5.00. The molecule has 0 spiro atoms. The molecule has 0 radical (unpaired) electrons. The predicted octanol–water partition coefficient (Wildman–Crippen LogP) is 2.89. The number of hydrogen-bond acceptors (Lipinski definition) is 0. The Bertz CT molecular complexity index is 26.7. The second kappa shape index (κ2) is 51.9. The average molecular weight is 456 g/mol. The summed E-state index contributed by atoms with van der Waals surface area (Å²) >= 11 is 0. The molecule has 12 heavy (non-hydrogen) atoms. The number of nitrogens with two attached hydrogens (primary N) is 1. The minimum atomic E-state index is 0. The van der Waals surface area contributed by atoms with Crippen LogP contribution >= 0.6 is 0 Å². The van der Waals surface area contributed by atoms with Crippen molar-refractivity contribution in [2.24, 2.45) is 0 Å². The van der Waals surface area contributed by atoms with Crippen molar-refractivity contribution in [1.82, 2.24) is 0 Å². The van der Waals surface area contributed by atoms with Gasteiger partial charge in [0.15, 0.2) is 0 Å². The standard InChI is InChI=1S/2C2H6N2.3Ag.H2N/c2*3-1-2-4;;;;/h2*3-4H,1-2H2;;;;1H2/q2*-2;3*+1;-1. The molecule has 0 aliphatic heterocycles. The molecule has 0 aromatic heterocycles. The zero-order valence-corrected chi connectivity index (χ0v) is 10.8. The minimum absolute atomic E-state index is 0. The Morgan fingerprint density at radius 3 is 0.583 bits per heavy atom. The second-order valence-corrected chi connectivity index (χ2v) is 1.000. The van der Waals surface area contributed by atoms with Gasteiger partial charge in [-0.1, -0.05) is 0 Å². The SMILES string of the molecule is [Ag+].[Ag+].[Ag+].[NH-]CC[NH-].[NH-]CC[NH-].[NH2-]. The van der Waals surface area contributed by atoms with Gasteiger partial charge >= 0.3 is 67.1 Å². The van der Waals surface area contributed by atoms with Crippen LogP contribution in [0.2, 0.25) is 0 Å². The fraction of sp³-hybridized carbons (Fsp3) is 1.00. The molecule has 0 amide bonds. The van der Waals surface area contributed by atoms with Gasteiger partial charge in [-0.2, -0.15) is 26.2 Å². The smallest absolute Gasteiger partial charge is 0.693 e. The van der Waals surface area contributed by atoms with Gasteiger partial charge in [-0.25, -0.2) is 0 Å². The molecule has 90 valence electrons. The van der Waals surface area contributed by atoms with Crippen molar-refractivity contribution >= 4 is 0 Å². The fourth-order valence-corrected chi connectivity index (χ4v) is 0. The summed E-state index contributed by atoms with van der Waals surface area (Å²) in [5.41, 5.74) is 25.1. The van der Waals surface area contributed by atoms with Gasteiger partial charge in [0, 0.05) is 0 Å². The molecule has 0 rings (SSSR count). The third kappa shape index (κ3) is 90.3. The van der Waals surface area contributed by atoms with Crippen molar-refractivity contribution in [2.45, 2.75) is 0 Å². The quantitative estimate of drug-likeness (QED) is 0.567. The molecule has 0 saturated carbocycles. The van der Waals surface area contributed by atoms with E-state index in [1.807, 2.05) is 0 Å². The Balaban J connectivity index is -0.0000000112. The van der Waals surface area contributed by atoms with Crippen molar-refractivity contribution < 1.29 is 67.1 Å². The molecule has 0 unspecified atom stereocenters. The van der Waals surface area contributed by atoms with Crippen LogP contribution in [0.3, 0.4) is 0 Å². The molecule has 0 heterocycles. The van der Waals surface area contributed by atoms with Crippen molar-refractivity contribution in [3.05, 3.63) is 29.1 Å². The van der Waals surface area contributed by atoms with Crippen LogP contribution in [0.5, 0.6) is 0 Å². The van der Waals surface area contributed by atoms with Crippen LogP contribution in [0.1, 0.15) is 0 Å². The molecule has 5 nitrogen and oxygen atoms in total. The summed E-state index contributed by atoms with van der Waals surface area (Å²) in [4.78, 5) is 0. The summed E-state index contributed by atoms with van der Waals surface area (Å²) in [6.45, 7) is 0.944. The van der Waals surface area contributed by atoms with Crippen molar-refractivity contribution in [2.75, 3.05) is 26.2 Å². The van der Waals surface area contributed by atoms with Crippen LogP contribution < -0.4 is 0 Å². The Hall–Kier alpha value is 2.02. The van der Waals surface area contributed by atoms with Gasteiger partial charge in [0.25, 0.3) is 0 Å². The van der Waals surface area contributed by atoms with Crippen LogP contribution in [-0.4, -0.2) is 26.2 Å². The summed E-state index contributed by atoms with van der Waals surface area (Å²) in [7, 11) is 0. The first kappa shape index (κ1) is 36.9. The van der Waals surface area contributed by atoms with Gasteiger partial charge in [0.05, 0.1) is 0 Å². The summed E-state index contributed by atoms with van der Waals surface area (Å²) in [6, 6.07) is 0. The molecule has 0 aliphatic carbocycles. The molecule has 6 N–H and O–H groups in total. The van der Waals surface area contributed by atoms with Crippen LogP contribution in [0, 0.1) is 0 Å². The number of nitrogens with one attached hydrogen (secondary N) is 4. The van der Waals surface area contributed by atoms with Gasteiger partial charge in [0.1, 0.15) is 0 Å².